The smallest absolute Gasteiger partial charge is 0.462 e. The fraction of sp³-hybridized carbons (Fsp3) is 0.951. The Morgan fingerprint density at radius 2 is 0.460 bits per heavy atom. The first-order valence-corrected chi connectivity index (χ1v) is 45.0. The van der Waals surface area contributed by atoms with Crippen molar-refractivity contribution >= 4 is 39.5 Å². The standard InChI is InChI=1S/C81H158O17P2/c1-7-9-11-13-15-17-19-21-30-34-38-45-51-57-63-78(83)91-69-76(97-81(86)66-60-54-48-40-36-32-28-26-24-23-25-27-29-33-37-43-49-55-61-73(3)4)71-95-99(87,88)93-67-75(82)68-94-100(89,90)96-72-77(70-92-79(84)64-58-52-46-42-41-44-50-56-62-74(5)6)98-80(85)65-59-53-47-39-35-31-22-20-18-16-14-12-10-8-2/h73-77,82H,7-72H2,1-6H3,(H,87,88)(H,89,90)/t75-,76-,77-/m1/s1. The van der Waals surface area contributed by atoms with Crippen LogP contribution >= 0.6 is 15.6 Å². The van der Waals surface area contributed by atoms with Gasteiger partial charge in [-0.2, -0.15) is 0 Å². The van der Waals surface area contributed by atoms with Gasteiger partial charge in [0.1, 0.15) is 19.3 Å². The topological polar surface area (TPSA) is 237 Å². The molecule has 0 rings (SSSR count). The van der Waals surface area contributed by atoms with E-state index in [1.54, 1.807) is 0 Å². The molecule has 0 aliphatic heterocycles. The van der Waals surface area contributed by atoms with Crippen molar-refractivity contribution in [1.82, 2.24) is 0 Å². The summed E-state index contributed by atoms with van der Waals surface area (Å²) in [5.74, 6) is -0.560. The molecule has 2 unspecified atom stereocenters. The molecule has 0 heterocycles. The van der Waals surface area contributed by atoms with Crippen LogP contribution in [0.1, 0.15) is 427 Å². The van der Waals surface area contributed by atoms with E-state index in [0.717, 1.165) is 102 Å². The Hall–Kier alpha value is -1.94. The van der Waals surface area contributed by atoms with Crippen LogP contribution in [0, 0.1) is 11.8 Å². The predicted molar refractivity (Wildman–Crippen MR) is 409 cm³/mol. The van der Waals surface area contributed by atoms with Crippen molar-refractivity contribution in [2.45, 2.75) is 445 Å². The zero-order valence-electron chi connectivity index (χ0n) is 65.5. The molecule has 17 nitrogen and oxygen atoms in total. The molecular formula is C81H158O17P2. The van der Waals surface area contributed by atoms with Crippen LogP contribution in [0.25, 0.3) is 0 Å². The van der Waals surface area contributed by atoms with E-state index in [2.05, 4.69) is 41.5 Å². The molecule has 19 heteroatoms. The van der Waals surface area contributed by atoms with Gasteiger partial charge in [0.2, 0.25) is 0 Å². The largest absolute Gasteiger partial charge is 0.472 e. The summed E-state index contributed by atoms with van der Waals surface area (Å²) in [4.78, 5) is 73.0. The average molecular weight is 1470 g/mol. The van der Waals surface area contributed by atoms with Crippen molar-refractivity contribution in [3.63, 3.8) is 0 Å². The first-order chi connectivity index (χ1) is 48.4. The van der Waals surface area contributed by atoms with Gasteiger partial charge in [-0.3, -0.25) is 37.3 Å². The Bertz CT molecular complexity index is 1920. The number of phosphoric acid groups is 2. The minimum Gasteiger partial charge on any atom is -0.462 e. The van der Waals surface area contributed by atoms with Crippen LogP contribution in [0.2, 0.25) is 0 Å². The lowest BCUT2D eigenvalue weighted by Crippen LogP contribution is -2.30. The molecule has 0 saturated heterocycles. The van der Waals surface area contributed by atoms with Gasteiger partial charge in [0, 0.05) is 25.7 Å². The van der Waals surface area contributed by atoms with Crippen LogP contribution in [0.3, 0.4) is 0 Å². The second kappa shape index (κ2) is 72.6. The monoisotopic (exact) mass is 1470 g/mol. The molecule has 0 aliphatic rings. The molecule has 0 radical (unpaired) electrons. The van der Waals surface area contributed by atoms with Crippen LogP contribution in [0.4, 0.5) is 0 Å². The highest BCUT2D eigenvalue weighted by molar-refractivity contribution is 7.47. The van der Waals surface area contributed by atoms with Crippen molar-refractivity contribution < 1.29 is 80.2 Å². The van der Waals surface area contributed by atoms with Crippen molar-refractivity contribution in [1.29, 1.82) is 0 Å². The Labute approximate surface area is 613 Å². The summed E-state index contributed by atoms with van der Waals surface area (Å²) < 4.78 is 68.7. The first-order valence-electron chi connectivity index (χ1n) is 42.0. The SMILES string of the molecule is CCCCCCCCCCCCCCCCC(=O)OC[C@H](COP(=O)(O)OC[C@@H](O)COP(=O)(O)OC[C@@H](COC(=O)CCCCCCCCCCC(C)C)OC(=O)CCCCCCCCCCCCCCCC)OC(=O)CCCCCCCCCCCCCCCCCCCCC(C)C. The van der Waals surface area contributed by atoms with Gasteiger partial charge in [0.25, 0.3) is 0 Å². The van der Waals surface area contributed by atoms with E-state index in [9.17, 15) is 43.2 Å². The maximum atomic E-state index is 13.1. The Morgan fingerprint density at radius 1 is 0.270 bits per heavy atom. The van der Waals surface area contributed by atoms with Gasteiger partial charge < -0.3 is 33.8 Å². The lowest BCUT2D eigenvalue weighted by atomic mass is 10.0. The fourth-order valence-electron chi connectivity index (χ4n) is 12.5. The maximum absolute atomic E-state index is 13.1. The molecule has 0 fully saturated rings. The molecule has 0 saturated carbocycles. The molecule has 0 amide bonds. The fourth-order valence-corrected chi connectivity index (χ4v) is 14.1. The molecule has 5 atom stereocenters. The highest BCUT2D eigenvalue weighted by atomic mass is 31.2. The number of hydrogen-bond donors (Lipinski definition) is 3. The van der Waals surface area contributed by atoms with Gasteiger partial charge in [-0.05, 0) is 37.5 Å². The summed E-state index contributed by atoms with van der Waals surface area (Å²) in [7, 11) is -9.92. The van der Waals surface area contributed by atoms with Gasteiger partial charge >= 0.3 is 39.5 Å². The summed E-state index contributed by atoms with van der Waals surface area (Å²) in [6.07, 6.45) is 62.4. The normalized spacial score (nSPS) is 13.9. The molecular weight excluding hydrogens is 1310 g/mol. The molecule has 3 N–H and O–H groups in total. The molecule has 594 valence electrons. The summed E-state index contributed by atoms with van der Waals surface area (Å²) in [5.41, 5.74) is 0. The van der Waals surface area contributed by atoms with Crippen LogP contribution < -0.4 is 0 Å². The molecule has 0 aliphatic carbocycles. The van der Waals surface area contributed by atoms with Crippen molar-refractivity contribution in [3.8, 4) is 0 Å². The number of rotatable bonds is 80. The number of aliphatic hydroxyl groups is 1. The summed E-state index contributed by atoms with van der Waals surface area (Å²) in [5, 5.41) is 10.6. The van der Waals surface area contributed by atoms with E-state index < -0.39 is 97.5 Å². The second-order valence-corrected chi connectivity index (χ2v) is 33.0. The Kier molecular flexibility index (Phi) is 71.2. The van der Waals surface area contributed by atoms with Crippen molar-refractivity contribution in [2.75, 3.05) is 39.6 Å². The molecule has 100 heavy (non-hydrogen) atoms. The number of carbonyl (C=O) groups excluding carboxylic acids is 4. The third-order valence-corrected chi connectivity index (χ3v) is 20.9. The van der Waals surface area contributed by atoms with E-state index in [1.165, 1.54) is 244 Å². The van der Waals surface area contributed by atoms with Crippen molar-refractivity contribution in [3.05, 3.63) is 0 Å². The lowest BCUT2D eigenvalue weighted by molar-refractivity contribution is -0.161. The zero-order valence-corrected chi connectivity index (χ0v) is 67.3. The second-order valence-electron chi connectivity index (χ2n) is 30.1. The lowest BCUT2D eigenvalue weighted by Gasteiger charge is -2.21. The van der Waals surface area contributed by atoms with Gasteiger partial charge in [-0.15, -0.1) is 0 Å². The van der Waals surface area contributed by atoms with E-state index in [0.29, 0.717) is 25.7 Å². The number of esters is 4. The van der Waals surface area contributed by atoms with E-state index in [-0.39, 0.29) is 25.7 Å². The van der Waals surface area contributed by atoms with Gasteiger partial charge in [0.05, 0.1) is 26.4 Å². The molecule has 0 aromatic rings. The summed E-state index contributed by atoms with van der Waals surface area (Å²) >= 11 is 0. The molecule has 0 spiro atoms. The third-order valence-electron chi connectivity index (χ3n) is 19.0. The quantitative estimate of drug-likeness (QED) is 0.0222. The van der Waals surface area contributed by atoms with Crippen LogP contribution in [-0.2, 0) is 65.4 Å². The Morgan fingerprint density at radius 3 is 0.680 bits per heavy atom. The number of unbranched alkanes of at least 4 members (excludes halogenated alkanes) is 50. The first kappa shape index (κ1) is 98.1. The summed E-state index contributed by atoms with van der Waals surface area (Å²) in [6, 6.07) is 0. The number of ether oxygens (including phenoxy) is 4. The minimum atomic E-state index is -4.96. The van der Waals surface area contributed by atoms with Gasteiger partial charge in [-0.25, -0.2) is 9.13 Å². The summed E-state index contributed by atoms with van der Waals surface area (Å²) in [6.45, 7) is 9.64. The highest BCUT2D eigenvalue weighted by Crippen LogP contribution is 2.45. The van der Waals surface area contributed by atoms with E-state index in [4.69, 9.17) is 37.0 Å². The minimum absolute atomic E-state index is 0.108. The number of phosphoric ester groups is 2. The van der Waals surface area contributed by atoms with Crippen LogP contribution in [-0.4, -0.2) is 96.7 Å². The van der Waals surface area contributed by atoms with E-state index >= 15 is 0 Å². The predicted octanol–water partition coefficient (Wildman–Crippen LogP) is 24.3. The molecule has 0 bridgehead atoms. The van der Waals surface area contributed by atoms with Crippen LogP contribution in [0.15, 0.2) is 0 Å². The Balaban J connectivity index is 5.22. The number of aliphatic hydroxyl groups excluding tert-OH is 1. The third kappa shape index (κ3) is 74.3. The van der Waals surface area contributed by atoms with E-state index in [1.807, 2.05) is 0 Å². The number of hydrogen-bond acceptors (Lipinski definition) is 15. The highest BCUT2D eigenvalue weighted by Gasteiger charge is 2.30. The van der Waals surface area contributed by atoms with Gasteiger partial charge in [0.15, 0.2) is 12.2 Å². The zero-order chi connectivity index (χ0) is 73.5. The average Bonchev–Trinajstić information content (AvgIpc) is 0.919. The van der Waals surface area contributed by atoms with Crippen molar-refractivity contribution in [2.24, 2.45) is 11.8 Å². The maximum Gasteiger partial charge on any atom is 0.472 e. The molecule has 0 aromatic heterocycles. The van der Waals surface area contributed by atoms with Crippen LogP contribution in [0.5, 0.6) is 0 Å². The molecule has 0 aromatic carbocycles. The van der Waals surface area contributed by atoms with Gasteiger partial charge in [-0.1, -0.05) is 375 Å². The number of carbonyl (C=O) groups is 4.